The summed E-state index contributed by atoms with van der Waals surface area (Å²) in [5.41, 5.74) is 2.00. The summed E-state index contributed by atoms with van der Waals surface area (Å²) in [5.74, 6) is 0.853. The number of aryl methyl sites for hydroxylation is 2. The summed E-state index contributed by atoms with van der Waals surface area (Å²) in [6, 6.07) is 8.85. The molecule has 0 bridgehead atoms. The minimum absolute atomic E-state index is 0.0822. The van der Waals surface area contributed by atoms with E-state index in [2.05, 4.69) is 14.6 Å². The Morgan fingerprint density at radius 3 is 2.37 bits per heavy atom. The maximum absolute atomic E-state index is 12.7. The zero-order valence-electron chi connectivity index (χ0n) is 15.8. The van der Waals surface area contributed by atoms with E-state index in [4.69, 9.17) is 0 Å². The van der Waals surface area contributed by atoms with E-state index in [1.807, 2.05) is 17.9 Å². The van der Waals surface area contributed by atoms with Crippen LogP contribution in [-0.4, -0.2) is 50.4 Å². The second-order valence-electron chi connectivity index (χ2n) is 6.77. The third-order valence-corrected chi connectivity index (χ3v) is 6.21. The van der Waals surface area contributed by atoms with Gasteiger partial charge in [0.05, 0.1) is 16.8 Å². The minimum atomic E-state index is -3.67. The standard InChI is InChI=1S/C19H24N4O3S/c1-14-4-5-15(2)18(12-14)27(25,26)21-17-6-7-19(20-13-17)23-10-8-22(9-11-23)16(3)24/h4-7,12-13,21H,8-11H2,1-3H3. The van der Waals surface area contributed by atoms with Crippen LogP contribution in [-0.2, 0) is 14.8 Å². The van der Waals surface area contributed by atoms with Gasteiger partial charge in [0.2, 0.25) is 5.91 Å². The predicted molar refractivity (Wildman–Crippen MR) is 105 cm³/mol. The maximum Gasteiger partial charge on any atom is 0.262 e. The van der Waals surface area contributed by atoms with Gasteiger partial charge in [0.1, 0.15) is 5.82 Å². The molecule has 0 spiro atoms. The summed E-state index contributed by atoms with van der Waals surface area (Å²) in [6.07, 6.45) is 1.52. The van der Waals surface area contributed by atoms with Crippen LogP contribution in [0.3, 0.4) is 0 Å². The molecule has 0 saturated carbocycles. The largest absolute Gasteiger partial charge is 0.353 e. The Kier molecular flexibility index (Phi) is 5.36. The predicted octanol–water partition coefficient (Wildman–Crippen LogP) is 2.17. The second kappa shape index (κ2) is 7.56. The average Bonchev–Trinajstić information content (AvgIpc) is 2.64. The molecule has 1 amide bonds. The van der Waals surface area contributed by atoms with E-state index in [-0.39, 0.29) is 10.8 Å². The van der Waals surface area contributed by atoms with E-state index < -0.39 is 10.0 Å². The number of hydrogen-bond donors (Lipinski definition) is 1. The molecule has 1 aliphatic heterocycles. The average molecular weight is 388 g/mol. The van der Waals surface area contributed by atoms with Crippen LogP contribution in [0.15, 0.2) is 41.4 Å². The lowest BCUT2D eigenvalue weighted by molar-refractivity contribution is -0.129. The lowest BCUT2D eigenvalue weighted by Crippen LogP contribution is -2.48. The van der Waals surface area contributed by atoms with Crippen molar-refractivity contribution in [1.29, 1.82) is 0 Å². The smallest absolute Gasteiger partial charge is 0.262 e. The first-order valence-corrected chi connectivity index (χ1v) is 10.3. The highest BCUT2D eigenvalue weighted by atomic mass is 32.2. The number of hydrogen-bond acceptors (Lipinski definition) is 5. The van der Waals surface area contributed by atoms with Crippen LogP contribution >= 0.6 is 0 Å². The summed E-state index contributed by atoms with van der Waals surface area (Å²) in [7, 11) is -3.67. The van der Waals surface area contributed by atoms with Crippen molar-refractivity contribution in [2.45, 2.75) is 25.7 Å². The van der Waals surface area contributed by atoms with Crippen LogP contribution in [0.5, 0.6) is 0 Å². The van der Waals surface area contributed by atoms with E-state index in [9.17, 15) is 13.2 Å². The Morgan fingerprint density at radius 2 is 1.78 bits per heavy atom. The molecule has 1 aliphatic rings. The first-order chi connectivity index (χ1) is 12.8. The number of nitrogens with one attached hydrogen (secondary N) is 1. The van der Waals surface area contributed by atoms with Gasteiger partial charge in [-0.15, -0.1) is 0 Å². The molecule has 1 N–H and O–H groups in total. The lowest BCUT2D eigenvalue weighted by atomic mass is 10.2. The van der Waals surface area contributed by atoms with Crippen molar-refractivity contribution >= 4 is 27.4 Å². The molecule has 2 heterocycles. The Hall–Kier alpha value is -2.61. The Bertz CT molecular complexity index is 934. The van der Waals surface area contributed by atoms with Crippen LogP contribution in [0.1, 0.15) is 18.1 Å². The zero-order chi connectivity index (χ0) is 19.6. The van der Waals surface area contributed by atoms with E-state index in [1.165, 1.54) is 6.20 Å². The number of sulfonamides is 1. The molecule has 0 unspecified atom stereocenters. The molecule has 1 saturated heterocycles. The third kappa shape index (κ3) is 4.39. The highest BCUT2D eigenvalue weighted by molar-refractivity contribution is 7.92. The molecule has 27 heavy (non-hydrogen) atoms. The molecular formula is C19H24N4O3S. The first-order valence-electron chi connectivity index (χ1n) is 8.83. The van der Waals surface area contributed by atoms with Gasteiger partial charge in [0.25, 0.3) is 10.0 Å². The van der Waals surface area contributed by atoms with Gasteiger partial charge in [0.15, 0.2) is 0 Å². The van der Waals surface area contributed by atoms with Crippen LogP contribution < -0.4 is 9.62 Å². The van der Waals surface area contributed by atoms with Crippen molar-refractivity contribution in [3.8, 4) is 0 Å². The van der Waals surface area contributed by atoms with E-state index >= 15 is 0 Å². The number of carbonyl (C=O) groups is 1. The van der Waals surface area contributed by atoms with Gasteiger partial charge in [-0.3, -0.25) is 9.52 Å². The number of nitrogens with zero attached hydrogens (tertiary/aromatic N) is 3. The molecule has 8 heteroatoms. The molecular weight excluding hydrogens is 364 g/mol. The summed E-state index contributed by atoms with van der Waals surface area (Å²) in [5, 5.41) is 0. The van der Waals surface area contributed by atoms with Crippen LogP contribution in [0.2, 0.25) is 0 Å². The van der Waals surface area contributed by atoms with E-state index in [0.29, 0.717) is 37.4 Å². The summed E-state index contributed by atoms with van der Waals surface area (Å²) in [4.78, 5) is 20.0. The SMILES string of the molecule is CC(=O)N1CCN(c2ccc(NS(=O)(=O)c3cc(C)ccc3C)cn2)CC1. The number of benzene rings is 1. The number of pyridine rings is 1. The Morgan fingerprint density at radius 1 is 1.07 bits per heavy atom. The molecule has 1 aromatic carbocycles. The van der Waals surface area contributed by atoms with Crippen molar-refractivity contribution in [2.24, 2.45) is 0 Å². The van der Waals surface area contributed by atoms with E-state index in [1.54, 1.807) is 38.1 Å². The molecule has 3 rings (SSSR count). The minimum Gasteiger partial charge on any atom is -0.353 e. The number of anilines is 2. The van der Waals surface area contributed by atoms with Gasteiger partial charge in [-0.2, -0.15) is 0 Å². The summed E-state index contributed by atoms with van der Waals surface area (Å²) < 4.78 is 27.9. The number of piperazine rings is 1. The van der Waals surface area contributed by atoms with Crippen molar-refractivity contribution < 1.29 is 13.2 Å². The third-order valence-electron chi connectivity index (χ3n) is 4.68. The molecule has 0 atom stereocenters. The highest BCUT2D eigenvalue weighted by Gasteiger charge is 2.20. The molecule has 1 aromatic heterocycles. The van der Waals surface area contributed by atoms with Crippen molar-refractivity contribution in [1.82, 2.24) is 9.88 Å². The molecule has 2 aromatic rings. The van der Waals surface area contributed by atoms with Gasteiger partial charge >= 0.3 is 0 Å². The number of amides is 1. The van der Waals surface area contributed by atoms with Crippen LogP contribution in [0.4, 0.5) is 11.5 Å². The van der Waals surface area contributed by atoms with Gasteiger partial charge in [-0.05, 0) is 43.2 Å². The number of aromatic nitrogens is 1. The fourth-order valence-corrected chi connectivity index (χ4v) is 4.46. The second-order valence-corrected chi connectivity index (χ2v) is 8.42. The molecule has 1 fully saturated rings. The molecule has 7 nitrogen and oxygen atoms in total. The van der Waals surface area contributed by atoms with Crippen molar-refractivity contribution in [3.05, 3.63) is 47.7 Å². The Labute approximate surface area is 160 Å². The molecule has 144 valence electrons. The van der Waals surface area contributed by atoms with Crippen LogP contribution in [0.25, 0.3) is 0 Å². The van der Waals surface area contributed by atoms with Gasteiger partial charge in [-0.1, -0.05) is 12.1 Å². The van der Waals surface area contributed by atoms with Crippen LogP contribution in [0, 0.1) is 13.8 Å². The van der Waals surface area contributed by atoms with Crippen molar-refractivity contribution in [3.63, 3.8) is 0 Å². The van der Waals surface area contributed by atoms with Gasteiger partial charge in [-0.25, -0.2) is 13.4 Å². The quantitative estimate of drug-likeness (QED) is 0.868. The summed E-state index contributed by atoms with van der Waals surface area (Å²) in [6.45, 7) is 7.96. The normalized spacial score (nSPS) is 14.9. The molecule has 0 radical (unpaired) electrons. The van der Waals surface area contributed by atoms with E-state index in [0.717, 1.165) is 11.4 Å². The Balaban J connectivity index is 1.71. The molecule has 0 aliphatic carbocycles. The topological polar surface area (TPSA) is 82.6 Å². The first kappa shape index (κ1) is 19.2. The zero-order valence-corrected chi connectivity index (χ0v) is 16.6. The maximum atomic E-state index is 12.7. The number of carbonyl (C=O) groups excluding carboxylic acids is 1. The fraction of sp³-hybridized carbons (Fsp3) is 0.368. The highest BCUT2D eigenvalue weighted by Crippen LogP contribution is 2.22. The lowest BCUT2D eigenvalue weighted by Gasteiger charge is -2.34. The van der Waals surface area contributed by atoms with Gasteiger partial charge in [0, 0.05) is 33.1 Å². The monoisotopic (exact) mass is 388 g/mol. The summed E-state index contributed by atoms with van der Waals surface area (Å²) >= 11 is 0. The van der Waals surface area contributed by atoms with Crippen molar-refractivity contribution in [2.75, 3.05) is 35.8 Å². The number of rotatable bonds is 4. The fourth-order valence-electron chi connectivity index (χ4n) is 3.09. The van der Waals surface area contributed by atoms with Gasteiger partial charge < -0.3 is 9.80 Å².